The fraction of sp³-hybridized carbons (Fsp3) is 0.727. The second-order valence-electron chi connectivity index (χ2n) is 4.48. The number of nitrogens with one attached hydrogen (secondary N) is 2. The van der Waals surface area contributed by atoms with Crippen LogP contribution in [-0.2, 0) is 9.59 Å². The number of amides is 2. The quantitative estimate of drug-likeness (QED) is 0.720. The first-order valence-electron chi connectivity index (χ1n) is 5.52. The number of carbonyl (C=O) groups excluding carboxylic acids is 2. The molecule has 0 aromatic heterocycles. The predicted molar refractivity (Wildman–Crippen MR) is 58.2 cm³/mol. The van der Waals surface area contributed by atoms with Gasteiger partial charge in [0.25, 0.3) is 0 Å². The lowest BCUT2D eigenvalue weighted by Crippen LogP contribution is -2.45. The molecule has 1 rings (SSSR count). The van der Waals surface area contributed by atoms with E-state index < -0.39 is 12.1 Å². The van der Waals surface area contributed by atoms with Gasteiger partial charge in [-0.15, -0.1) is 0 Å². The zero-order chi connectivity index (χ0) is 12.1. The van der Waals surface area contributed by atoms with Crippen LogP contribution in [0.2, 0.25) is 0 Å². The average Bonchev–Trinajstić information content (AvgIpc) is 2.63. The summed E-state index contributed by atoms with van der Waals surface area (Å²) in [6, 6.07) is 1.12. The average molecular weight is 223 g/mol. The highest BCUT2D eigenvalue weighted by atomic mass is 16.2. The van der Waals surface area contributed by atoms with E-state index in [0.717, 1.165) is 0 Å². The van der Waals surface area contributed by atoms with Crippen molar-refractivity contribution in [1.82, 2.24) is 10.6 Å². The molecule has 1 heterocycles. The summed E-state index contributed by atoms with van der Waals surface area (Å²) in [6.45, 7) is 3.99. The Balaban J connectivity index is 2.43. The van der Waals surface area contributed by atoms with Crippen LogP contribution in [0.15, 0.2) is 0 Å². The second kappa shape index (κ2) is 5.50. The van der Waals surface area contributed by atoms with Gasteiger partial charge < -0.3 is 10.6 Å². The van der Waals surface area contributed by atoms with Crippen LogP contribution in [0.4, 0.5) is 0 Å². The number of rotatable bonds is 4. The van der Waals surface area contributed by atoms with Crippen molar-refractivity contribution >= 4 is 11.8 Å². The smallest absolute Gasteiger partial charge is 0.243 e. The maximum Gasteiger partial charge on any atom is 0.243 e. The van der Waals surface area contributed by atoms with Crippen LogP contribution in [-0.4, -0.2) is 23.9 Å². The minimum Gasteiger partial charge on any atom is -0.344 e. The van der Waals surface area contributed by atoms with Gasteiger partial charge >= 0.3 is 0 Å². The van der Waals surface area contributed by atoms with E-state index in [0.29, 0.717) is 25.2 Å². The van der Waals surface area contributed by atoms with Crippen molar-refractivity contribution in [2.75, 3.05) is 0 Å². The number of nitriles is 1. The fourth-order valence-electron chi connectivity index (χ4n) is 1.70. The van der Waals surface area contributed by atoms with Gasteiger partial charge in [0.1, 0.15) is 12.1 Å². The number of hydrogen-bond donors (Lipinski definition) is 2. The van der Waals surface area contributed by atoms with Crippen LogP contribution in [0.3, 0.4) is 0 Å². The van der Waals surface area contributed by atoms with Crippen molar-refractivity contribution in [3.63, 3.8) is 0 Å². The first-order valence-corrected chi connectivity index (χ1v) is 5.52. The standard InChI is InChI=1S/C11H17N3O2/c1-7(2)5-8(6-12)13-11(16)9-3-4-10(15)14-9/h7-9H,3-5H2,1-2H3,(H,13,16)(H,14,15). The van der Waals surface area contributed by atoms with Gasteiger partial charge in [0.05, 0.1) is 6.07 Å². The second-order valence-corrected chi connectivity index (χ2v) is 4.48. The van der Waals surface area contributed by atoms with Crippen LogP contribution in [0.25, 0.3) is 0 Å². The number of carbonyl (C=O) groups is 2. The predicted octanol–water partition coefficient (Wildman–Crippen LogP) is 0.319. The molecular formula is C11H17N3O2. The van der Waals surface area contributed by atoms with Crippen LogP contribution < -0.4 is 10.6 Å². The molecule has 5 nitrogen and oxygen atoms in total. The molecule has 2 N–H and O–H groups in total. The van der Waals surface area contributed by atoms with E-state index in [1.807, 2.05) is 13.8 Å². The van der Waals surface area contributed by atoms with Crippen molar-refractivity contribution in [3.05, 3.63) is 0 Å². The molecule has 88 valence electrons. The van der Waals surface area contributed by atoms with E-state index in [4.69, 9.17) is 5.26 Å². The van der Waals surface area contributed by atoms with Crippen LogP contribution in [0, 0.1) is 17.2 Å². The fourth-order valence-corrected chi connectivity index (χ4v) is 1.70. The Morgan fingerprint density at radius 1 is 1.69 bits per heavy atom. The van der Waals surface area contributed by atoms with E-state index in [-0.39, 0.29) is 11.8 Å². The summed E-state index contributed by atoms with van der Waals surface area (Å²) in [6.07, 6.45) is 1.53. The van der Waals surface area contributed by atoms with Gasteiger partial charge in [-0.25, -0.2) is 0 Å². The summed E-state index contributed by atoms with van der Waals surface area (Å²) in [5.74, 6) is -0.00122. The lowest BCUT2D eigenvalue weighted by molar-refractivity contribution is -0.126. The molecule has 0 bridgehead atoms. The van der Waals surface area contributed by atoms with Gasteiger partial charge in [0, 0.05) is 6.42 Å². The van der Waals surface area contributed by atoms with E-state index in [1.54, 1.807) is 0 Å². The maximum absolute atomic E-state index is 11.7. The Hall–Kier alpha value is -1.57. The molecule has 2 amide bonds. The summed E-state index contributed by atoms with van der Waals surface area (Å²) in [5.41, 5.74) is 0. The highest BCUT2D eigenvalue weighted by Crippen LogP contribution is 2.08. The minimum absolute atomic E-state index is 0.0995. The van der Waals surface area contributed by atoms with Crippen molar-refractivity contribution in [1.29, 1.82) is 5.26 Å². The third-order valence-corrected chi connectivity index (χ3v) is 2.49. The number of hydrogen-bond acceptors (Lipinski definition) is 3. The molecule has 0 aromatic rings. The van der Waals surface area contributed by atoms with Gasteiger partial charge in [-0.05, 0) is 18.8 Å². The SMILES string of the molecule is CC(C)CC(C#N)NC(=O)C1CCC(=O)N1. The molecule has 0 aliphatic carbocycles. The van der Waals surface area contributed by atoms with Crippen LogP contribution >= 0.6 is 0 Å². The summed E-state index contributed by atoms with van der Waals surface area (Å²) < 4.78 is 0. The van der Waals surface area contributed by atoms with Crippen LogP contribution in [0.5, 0.6) is 0 Å². The Bertz CT molecular complexity index is 320. The molecule has 0 saturated carbocycles. The molecule has 1 fully saturated rings. The minimum atomic E-state index is -0.468. The molecule has 5 heteroatoms. The van der Waals surface area contributed by atoms with E-state index in [1.165, 1.54) is 0 Å². The lowest BCUT2D eigenvalue weighted by Gasteiger charge is -2.16. The summed E-state index contributed by atoms with van der Waals surface area (Å²) >= 11 is 0. The highest BCUT2D eigenvalue weighted by molar-refractivity contribution is 5.91. The van der Waals surface area contributed by atoms with Crippen molar-refractivity contribution in [3.8, 4) is 6.07 Å². The molecule has 16 heavy (non-hydrogen) atoms. The molecule has 2 unspecified atom stereocenters. The molecule has 1 saturated heterocycles. The van der Waals surface area contributed by atoms with Gasteiger partial charge in [0.2, 0.25) is 11.8 Å². The molecule has 0 aromatic carbocycles. The van der Waals surface area contributed by atoms with Crippen LogP contribution in [0.1, 0.15) is 33.1 Å². The largest absolute Gasteiger partial charge is 0.344 e. The van der Waals surface area contributed by atoms with Gasteiger partial charge in [-0.2, -0.15) is 5.26 Å². The zero-order valence-electron chi connectivity index (χ0n) is 9.62. The van der Waals surface area contributed by atoms with Gasteiger partial charge in [0.15, 0.2) is 0 Å². The number of nitrogens with zero attached hydrogens (tertiary/aromatic N) is 1. The van der Waals surface area contributed by atoms with E-state index in [2.05, 4.69) is 16.7 Å². The van der Waals surface area contributed by atoms with E-state index in [9.17, 15) is 9.59 Å². The summed E-state index contributed by atoms with van der Waals surface area (Å²) in [7, 11) is 0. The molecule has 0 radical (unpaired) electrons. The van der Waals surface area contributed by atoms with Crippen molar-refractivity contribution in [2.45, 2.75) is 45.2 Å². The molecule has 2 atom stereocenters. The third kappa shape index (κ3) is 3.54. The lowest BCUT2D eigenvalue weighted by atomic mass is 10.0. The highest BCUT2D eigenvalue weighted by Gasteiger charge is 2.28. The Kier molecular flexibility index (Phi) is 4.29. The monoisotopic (exact) mass is 223 g/mol. The third-order valence-electron chi connectivity index (χ3n) is 2.49. The van der Waals surface area contributed by atoms with E-state index >= 15 is 0 Å². The Morgan fingerprint density at radius 3 is 2.81 bits per heavy atom. The maximum atomic E-state index is 11.7. The van der Waals surface area contributed by atoms with Gasteiger partial charge in [-0.1, -0.05) is 13.8 Å². The molecular weight excluding hydrogens is 206 g/mol. The molecule has 1 aliphatic heterocycles. The zero-order valence-corrected chi connectivity index (χ0v) is 9.62. The van der Waals surface area contributed by atoms with Gasteiger partial charge in [-0.3, -0.25) is 9.59 Å². The summed E-state index contributed by atoms with van der Waals surface area (Å²) in [4.78, 5) is 22.6. The Morgan fingerprint density at radius 2 is 2.38 bits per heavy atom. The molecule has 1 aliphatic rings. The first kappa shape index (κ1) is 12.5. The molecule has 0 spiro atoms. The van der Waals surface area contributed by atoms with Crippen molar-refractivity contribution in [2.24, 2.45) is 5.92 Å². The Labute approximate surface area is 95.2 Å². The van der Waals surface area contributed by atoms with Crippen molar-refractivity contribution < 1.29 is 9.59 Å². The summed E-state index contributed by atoms with van der Waals surface area (Å²) in [5, 5.41) is 14.1. The normalized spacial score (nSPS) is 21.4. The first-order chi connectivity index (χ1) is 7.52. The topological polar surface area (TPSA) is 82.0 Å².